The molecule has 0 fully saturated rings. The summed E-state index contributed by atoms with van der Waals surface area (Å²) in [5.74, 6) is 1.35. The topological polar surface area (TPSA) is 104 Å². The first-order valence-corrected chi connectivity index (χ1v) is 24.2. The number of Topliss-reactive ketones (excluding diaryl/α,β-unsaturated/α-hetero) is 1. The third-order valence-electron chi connectivity index (χ3n) is 13.2. The second kappa shape index (κ2) is 21.1. The van der Waals surface area contributed by atoms with Crippen LogP contribution in [0, 0.1) is 0 Å². The molecule has 0 unspecified atom stereocenters. The van der Waals surface area contributed by atoms with Gasteiger partial charge >= 0.3 is 14.0 Å². The van der Waals surface area contributed by atoms with Crippen molar-refractivity contribution in [2.75, 3.05) is 28.9 Å². The molecule has 0 radical (unpaired) electrons. The maximum atomic E-state index is 14.7. The molecule has 0 bridgehead atoms. The number of hydrogen-bond donors (Lipinski definition) is 4. The minimum absolute atomic E-state index is 0.0304. The van der Waals surface area contributed by atoms with E-state index in [2.05, 4.69) is 65.2 Å². The number of hydrogen-bond acceptors (Lipinski definition) is 8. The quantitative estimate of drug-likeness (QED) is 0.0289. The van der Waals surface area contributed by atoms with Crippen LogP contribution in [0.3, 0.4) is 0 Å². The van der Waals surface area contributed by atoms with Crippen LogP contribution < -0.4 is 46.7 Å². The molecule has 9 rings (SSSR count). The predicted octanol–water partition coefficient (Wildman–Crippen LogP) is 11.0. The molecule has 0 aromatic heterocycles. The van der Waals surface area contributed by atoms with E-state index in [0.29, 0.717) is 34.9 Å². The van der Waals surface area contributed by atoms with E-state index in [4.69, 9.17) is 14.4 Å². The smallest absolute Gasteiger partial charge is 0.431 e. The fourth-order valence-corrected chi connectivity index (χ4v) is 9.77. The number of unbranched alkanes of at least 4 members (excludes halogenated alkanes) is 12. The zero-order valence-corrected chi connectivity index (χ0v) is 38.0. The summed E-state index contributed by atoms with van der Waals surface area (Å²) in [5, 5.41) is 28.5. The van der Waals surface area contributed by atoms with Gasteiger partial charge in [0.05, 0.1) is 29.7 Å². The second-order valence-corrected chi connectivity index (χ2v) is 17.8. The SMILES string of the molecule is C=CCCCCCCCCOc1ccccc1B1N=c2/c(=C3\C(=O)C(c4ccc5cccc6c5c4NB(c4ccccc4OCCCCCCCCC=C)N6)=C3O)ccc3cccc(c23)N1. The lowest BCUT2D eigenvalue weighted by atomic mass is 9.65. The number of carbonyl (C=O) groups is 1. The minimum Gasteiger partial charge on any atom is -0.506 e. The average Bonchev–Trinajstić information content (AvgIpc) is 3.34. The van der Waals surface area contributed by atoms with Crippen molar-refractivity contribution in [1.82, 2.24) is 0 Å². The standard InChI is InChI=1S/C56H60B2N4O4/c1-3-5-7-9-11-13-15-21-37-65-47-31-19-17-27-43(47)57-59-45-29-23-25-39-33-35-41(53(61-57)49(39)45)51-55(63)52(56(51)64)42-36-34-40-26-24-30-46-50(40)54(42)62-58(60-46)44-28-18-20-32-48(44)66-38-22-16-14-12-10-8-6-4-2/h3-4,17-20,23-36,59-61,63H,1-2,5-16,21-22,37-38H2/b52-42-. The molecule has 0 saturated heterocycles. The van der Waals surface area contributed by atoms with Gasteiger partial charge in [0.15, 0.2) is 0 Å². The molecule has 66 heavy (non-hydrogen) atoms. The number of benzene rings is 6. The van der Waals surface area contributed by atoms with Crippen LogP contribution in [-0.4, -0.2) is 38.1 Å². The maximum absolute atomic E-state index is 14.7. The third-order valence-corrected chi connectivity index (χ3v) is 13.2. The van der Waals surface area contributed by atoms with Gasteiger partial charge in [0.25, 0.3) is 0 Å². The predicted molar refractivity (Wildman–Crippen MR) is 277 cm³/mol. The highest BCUT2D eigenvalue weighted by molar-refractivity contribution is 6.81. The first-order valence-electron chi connectivity index (χ1n) is 24.2. The largest absolute Gasteiger partial charge is 0.506 e. The van der Waals surface area contributed by atoms with Gasteiger partial charge in [-0.3, -0.25) is 4.79 Å². The number of nitrogens with zero attached hydrogens (tertiary/aromatic N) is 1. The van der Waals surface area contributed by atoms with E-state index < -0.39 is 6.98 Å². The number of carbonyl (C=O) groups excluding carboxylic acids is 1. The Balaban J connectivity index is 1.00. The zero-order chi connectivity index (χ0) is 45.2. The molecule has 6 aromatic rings. The van der Waals surface area contributed by atoms with E-state index in [1.807, 2.05) is 84.9 Å². The van der Waals surface area contributed by atoms with Gasteiger partial charge in [-0.1, -0.05) is 148 Å². The molecule has 334 valence electrons. The first kappa shape index (κ1) is 44.5. The van der Waals surface area contributed by atoms with Gasteiger partial charge in [-0.2, -0.15) is 0 Å². The third kappa shape index (κ3) is 9.37. The van der Waals surface area contributed by atoms with Crippen LogP contribution in [0.1, 0.15) is 95.5 Å². The summed E-state index contributed by atoms with van der Waals surface area (Å²) >= 11 is 0. The molecule has 3 aliphatic rings. The van der Waals surface area contributed by atoms with Gasteiger partial charge in [-0.05, 0) is 73.6 Å². The second-order valence-electron chi connectivity index (χ2n) is 17.8. The van der Waals surface area contributed by atoms with Crippen molar-refractivity contribution in [3.63, 3.8) is 0 Å². The molecule has 0 atom stereocenters. The Hall–Kier alpha value is -6.67. The maximum Gasteiger partial charge on any atom is 0.431 e. The Morgan fingerprint density at radius 2 is 1.12 bits per heavy atom. The van der Waals surface area contributed by atoms with Crippen molar-refractivity contribution in [1.29, 1.82) is 0 Å². The zero-order valence-electron chi connectivity index (χ0n) is 38.0. The van der Waals surface area contributed by atoms with E-state index in [-0.39, 0.29) is 24.1 Å². The molecular weight excluding hydrogens is 814 g/mol. The summed E-state index contributed by atoms with van der Waals surface area (Å²) in [4.78, 5) is 20.0. The van der Waals surface area contributed by atoms with Crippen LogP contribution in [0.2, 0.25) is 0 Å². The number of aliphatic hydroxyl groups is 1. The molecule has 0 saturated carbocycles. The van der Waals surface area contributed by atoms with Crippen LogP contribution in [0.4, 0.5) is 17.1 Å². The highest BCUT2D eigenvalue weighted by Crippen LogP contribution is 2.45. The van der Waals surface area contributed by atoms with Crippen LogP contribution in [0.15, 0.2) is 145 Å². The Morgan fingerprint density at radius 1 is 0.561 bits per heavy atom. The van der Waals surface area contributed by atoms with E-state index in [9.17, 15) is 9.90 Å². The fourth-order valence-electron chi connectivity index (χ4n) is 9.77. The number of ketones is 1. The number of aliphatic hydroxyl groups excluding tert-OH is 1. The summed E-state index contributed by atoms with van der Waals surface area (Å²) in [6.45, 7) is 8.12. The Labute approximate surface area is 389 Å². The molecule has 0 amide bonds. The van der Waals surface area contributed by atoms with Gasteiger partial charge in [-0.25, -0.2) is 0 Å². The number of rotatable bonds is 23. The molecular formula is C56H60B2N4O4. The number of nitrogens with one attached hydrogen (secondary N) is 3. The van der Waals surface area contributed by atoms with Gasteiger partial charge in [0.2, 0.25) is 5.78 Å². The summed E-state index contributed by atoms with van der Waals surface area (Å²) < 4.78 is 12.8. The normalized spacial score (nSPS) is 14.6. The summed E-state index contributed by atoms with van der Waals surface area (Å²) in [6, 6.07) is 36.4. The molecule has 2 aliphatic heterocycles. The van der Waals surface area contributed by atoms with Crippen LogP contribution >= 0.6 is 0 Å². The Bertz CT molecular complexity index is 2930. The lowest BCUT2D eigenvalue weighted by molar-refractivity contribution is -0.109. The number of allylic oxidation sites excluding steroid dienone is 4. The molecule has 10 heteroatoms. The van der Waals surface area contributed by atoms with Gasteiger partial charge in [-0.15, -0.1) is 13.2 Å². The fraction of sp³-hybridized carbons (Fsp3) is 0.286. The highest BCUT2D eigenvalue weighted by atomic mass is 16.5. The van der Waals surface area contributed by atoms with Gasteiger partial charge in [0, 0.05) is 49.5 Å². The van der Waals surface area contributed by atoms with Crippen molar-refractivity contribution < 1.29 is 19.4 Å². The van der Waals surface area contributed by atoms with Gasteiger partial charge in [0.1, 0.15) is 17.3 Å². The summed E-state index contributed by atoms with van der Waals surface area (Å²) in [6.07, 6.45) is 20.2. The van der Waals surface area contributed by atoms with E-state index in [0.717, 1.165) is 99.6 Å². The van der Waals surface area contributed by atoms with Crippen molar-refractivity contribution in [3.8, 4) is 11.5 Å². The monoisotopic (exact) mass is 874 g/mol. The highest BCUT2D eigenvalue weighted by Gasteiger charge is 2.40. The molecule has 6 aromatic carbocycles. The van der Waals surface area contributed by atoms with E-state index >= 15 is 0 Å². The van der Waals surface area contributed by atoms with E-state index in [1.54, 1.807) is 0 Å². The summed E-state index contributed by atoms with van der Waals surface area (Å²) in [7, 11) is 0. The number of para-hydroxylation sites is 2. The van der Waals surface area contributed by atoms with Crippen molar-refractivity contribution in [2.24, 2.45) is 4.90 Å². The number of ether oxygens (including phenoxy) is 2. The van der Waals surface area contributed by atoms with E-state index in [1.165, 1.54) is 51.4 Å². The van der Waals surface area contributed by atoms with Crippen LogP contribution in [0.25, 0.3) is 32.7 Å². The van der Waals surface area contributed by atoms with Gasteiger partial charge < -0.3 is 35.2 Å². The summed E-state index contributed by atoms with van der Waals surface area (Å²) in [5.41, 5.74) is 5.77. The number of anilines is 3. The van der Waals surface area contributed by atoms with Crippen molar-refractivity contribution in [3.05, 3.63) is 156 Å². The van der Waals surface area contributed by atoms with Crippen molar-refractivity contribution in [2.45, 2.75) is 89.9 Å². The Kier molecular flexibility index (Phi) is 14.2. The van der Waals surface area contributed by atoms with Crippen molar-refractivity contribution >= 4 is 80.4 Å². The Morgan fingerprint density at radius 3 is 1.77 bits per heavy atom. The lowest BCUT2D eigenvalue weighted by Gasteiger charge is -2.31. The molecule has 2 heterocycles. The molecule has 0 spiro atoms. The average molecular weight is 875 g/mol. The molecule has 1 aliphatic carbocycles. The van der Waals surface area contributed by atoms with Crippen LogP contribution in [0.5, 0.6) is 11.5 Å². The molecule has 4 N–H and O–H groups in total. The molecule has 8 nitrogen and oxygen atoms in total. The lowest BCUT2D eigenvalue weighted by Crippen LogP contribution is -2.49. The first-order chi connectivity index (χ1) is 32.6. The van der Waals surface area contributed by atoms with Crippen LogP contribution in [-0.2, 0) is 4.79 Å². The minimum atomic E-state index is -0.465.